The van der Waals surface area contributed by atoms with Gasteiger partial charge in [0.2, 0.25) is 0 Å². The number of H-pyrrole nitrogens is 2. The van der Waals surface area contributed by atoms with Crippen LogP contribution in [0.1, 0.15) is 36.6 Å². The van der Waals surface area contributed by atoms with Crippen molar-refractivity contribution < 1.29 is 0 Å². The molecule has 3 aromatic heterocycles. The average Bonchev–Trinajstić information content (AvgIpc) is 3.38. The molecule has 2 aliphatic heterocycles. The average molecular weight is 498 g/mol. The zero-order valence-electron chi connectivity index (χ0n) is 15.5. The standard InChI is InChI=1S/C22H18Br2N4/c1-22(2)11-19-21(24)17-6-5-12(26-17)7-15-8-16(23)18(27-15)9-13-3-4-14(25-13)10-20(22)28-19/h3-10,25,27H,11H2,1-2H3. The van der Waals surface area contributed by atoms with E-state index in [0.29, 0.717) is 0 Å². The van der Waals surface area contributed by atoms with Crippen LogP contribution in [-0.4, -0.2) is 19.9 Å². The number of rotatable bonds is 0. The molecule has 2 aliphatic rings. The van der Waals surface area contributed by atoms with Gasteiger partial charge < -0.3 is 9.97 Å². The van der Waals surface area contributed by atoms with Crippen LogP contribution in [-0.2, 0) is 11.8 Å². The zero-order chi connectivity index (χ0) is 19.5. The highest BCUT2D eigenvalue weighted by Crippen LogP contribution is 2.35. The fraction of sp³-hybridized carbons (Fsp3) is 0.182. The maximum absolute atomic E-state index is 4.94. The van der Waals surface area contributed by atoms with E-state index < -0.39 is 0 Å². The van der Waals surface area contributed by atoms with Crippen molar-refractivity contribution in [3.63, 3.8) is 0 Å². The van der Waals surface area contributed by atoms with Crippen molar-refractivity contribution in [3.8, 4) is 0 Å². The quantitative estimate of drug-likeness (QED) is 0.290. The molecule has 5 heterocycles. The van der Waals surface area contributed by atoms with Gasteiger partial charge in [-0.25, -0.2) is 4.98 Å². The van der Waals surface area contributed by atoms with Crippen molar-refractivity contribution in [2.24, 2.45) is 0 Å². The van der Waals surface area contributed by atoms with Gasteiger partial charge in [-0.05, 0) is 80.4 Å². The lowest BCUT2D eigenvalue weighted by atomic mass is 9.87. The molecule has 5 rings (SSSR count). The second-order valence-corrected chi connectivity index (χ2v) is 9.51. The van der Waals surface area contributed by atoms with Gasteiger partial charge in [-0.1, -0.05) is 13.8 Å². The number of aromatic amines is 2. The number of nitrogens with one attached hydrogen (secondary N) is 2. The first-order valence-corrected chi connectivity index (χ1v) is 10.7. The van der Waals surface area contributed by atoms with E-state index in [-0.39, 0.29) is 5.41 Å². The minimum Gasteiger partial charge on any atom is -0.355 e. The Bertz CT molecular complexity index is 1290. The number of aromatic nitrogens is 4. The number of nitrogens with zero attached hydrogens (tertiary/aromatic N) is 2. The van der Waals surface area contributed by atoms with E-state index in [1.165, 1.54) is 0 Å². The van der Waals surface area contributed by atoms with Gasteiger partial charge in [0.1, 0.15) is 0 Å². The van der Waals surface area contributed by atoms with Gasteiger partial charge in [-0.3, -0.25) is 4.98 Å². The Labute approximate surface area is 179 Å². The minimum absolute atomic E-state index is 0.0319. The summed E-state index contributed by atoms with van der Waals surface area (Å²) in [7, 11) is 0. The molecule has 3 aromatic rings. The smallest absolute Gasteiger partial charge is 0.0798 e. The number of fused-ring (bicyclic) bond motifs is 8. The van der Waals surface area contributed by atoms with Gasteiger partial charge in [0.15, 0.2) is 0 Å². The predicted molar refractivity (Wildman–Crippen MR) is 122 cm³/mol. The highest BCUT2D eigenvalue weighted by atomic mass is 79.9. The van der Waals surface area contributed by atoms with E-state index >= 15 is 0 Å². The normalized spacial score (nSPS) is 15.1. The molecule has 0 radical (unpaired) electrons. The van der Waals surface area contributed by atoms with Crippen molar-refractivity contribution in [2.45, 2.75) is 25.7 Å². The van der Waals surface area contributed by atoms with Crippen LogP contribution < -0.4 is 0 Å². The summed E-state index contributed by atoms with van der Waals surface area (Å²) in [6, 6.07) is 12.5. The topological polar surface area (TPSA) is 57.4 Å². The van der Waals surface area contributed by atoms with Crippen LogP contribution in [0.25, 0.3) is 34.2 Å². The van der Waals surface area contributed by atoms with E-state index in [4.69, 9.17) is 9.97 Å². The van der Waals surface area contributed by atoms with Crippen LogP contribution in [0, 0.1) is 0 Å². The Balaban J connectivity index is 1.90. The molecule has 0 aliphatic carbocycles. The summed E-state index contributed by atoms with van der Waals surface area (Å²) < 4.78 is 1.98. The first-order chi connectivity index (χ1) is 13.4. The fourth-order valence-corrected chi connectivity index (χ4v) is 4.55. The number of hydrogen-bond acceptors (Lipinski definition) is 2. The van der Waals surface area contributed by atoms with Gasteiger partial charge >= 0.3 is 0 Å². The summed E-state index contributed by atoms with van der Waals surface area (Å²) in [6.45, 7) is 4.46. The monoisotopic (exact) mass is 496 g/mol. The lowest BCUT2D eigenvalue weighted by Crippen LogP contribution is -2.15. The summed E-state index contributed by atoms with van der Waals surface area (Å²) in [5, 5.41) is 0. The van der Waals surface area contributed by atoms with E-state index in [2.05, 4.69) is 86.0 Å². The molecule has 0 atom stereocenters. The molecule has 6 heteroatoms. The van der Waals surface area contributed by atoms with Crippen LogP contribution >= 0.6 is 31.9 Å². The predicted octanol–water partition coefficient (Wildman–Crippen LogP) is 6.53. The molecule has 0 fully saturated rings. The van der Waals surface area contributed by atoms with Crippen molar-refractivity contribution in [1.82, 2.24) is 19.9 Å². The van der Waals surface area contributed by atoms with Crippen molar-refractivity contribution in [2.75, 3.05) is 0 Å². The lowest BCUT2D eigenvalue weighted by molar-refractivity contribution is 0.543. The molecule has 8 bridgehead atoms. The maximum Gasteiger partial charge on any atom is 0.0798 e. The molecule has 140 valence electrons. The number of hydrogen-bond donors (Lipinski definition) is 2. The van der Waals surface area contributed by atoms with Gasteiger partial charge in [-0.15, -0.1) is 0 Å². The minimum atomic E-state index is -0.0319. The van der Waals surface area contributed by atoms with Crippen molar-refractivity contribution in [3.05, 3.63) is 68.1 Å². The molecule has 28 heavy (non-hydrogen) atoms. The van der Waals surface area contributed by atoms with Crippen LogP contribution in [0.15, 0.2) is 45.3 Å². The Kier molecular flexibility index (Phi) is 4.10. The molecular weight excluding hydrogens is 480 g/mol. The Morgan fingerprint density at radius 3 is 2.50 bits per heavy atom. The molecule has 0 unspecified atom stereocenters. The van der Waals surface area contributed by atoms with E-state index in [1.807, 2.05) is 18.2 Å². The van der Waals surface area contributed by atoms with Gasteiger partial charge in [-0.2, -0.15) is 0 Å². The third-order valence-electron chi connectivity index (χ3n) is 5.14. The van der Waals surface area contributed by atoms with Crippen LogP contribution in [0.2, 0.25) is 0 Å². The van der Waals surface area contributed by atoms with Gasteiger partial charge in [0.25, 0.3) is 0 Å². The van der Waals surface area contributed by atoms with E-state index in [1.54, 1.807) is 0 Å². The van der Waals surface area contributed by atoms with Gasteiger partial charge in [0.05, 0.1) is 27.1 Å². The summed E-state index contributed by atoms with van der Waals surface area (Å²) in [6.07, 6.45) is 4.94. The SMILES string of the molecule is CC1(C)Cc2nc1cc1ccc(cc3[nH]c(cc4nc(c2Br)C=C4)cc3Br)[nH]1. The van der Waals surface area contributed by atoms with Crippen molar-refractivity contribution >= 4 is 66.1 Å². The van der Waals surface area contributed by atoms with Crippen LogP contribution in [0.3, 0.4) is 0 Å². The zero-order valence-corrected chi connectivity index (χ0v) is 18.6. The Morgan fingerprint density at radius 2 is 1.68 bits per heavy atom. The Hall–Kier alpha value is -2.18. The molecular formula is C22H18Br2N4. The van der Waals surface area contributed by atoms with Crippen molar-refractivity contribution in [1.29, 1.82) is 0 Å². The molecule has 4 nitrogen and oxygen atoms in total. The molecule has 2 N–H and O–H groups in total. The van der Waals surface area contributed by atoms with E-state index in [9.17, 15) is 0 Å². The largest absolute Gasteiger partial charge is 0.355 e. The third-order valence-corrected chi connectivity index (χ3v) is 6.66. The maximum atomic E-state index is 4.94. The summed E-state index contributed by atoms with van der Waals surface area (Å²) in [5.74, 6) is 0. The first-order valence-electron chi connectivity index (χ1n) is 9.11. The summed E-state index contributed by atoms with van der Waals surface area (Å²) in [5.41, 5.74) is 8.00. The molecule has 0 amide bonds. The van der Waals surface area contributed by atoms with Gasteiger partial charge in [0, 0.05) is 38.6 Å². The summed E-state index contributed by atoms with van der Waals surface area (Å²) in [4.78, 5) is 16.6. The lowest BCUT2D eigenvalue weighted by Gasteiger charge is -2.15. The summed E-state index contributed by atoms with van der Waals surface area (Å²) >= 11 is 7.39. The highest BCUT2D eigenvalue weighted by molar-refractivity contribution is 9.11. The molecule has 0 saturated carbocycles. The third kappa shape index (κ3) is 3.14. The van der Waals surface area contributed by atoms with E-state index in [0.717, 1.165) is 60.2 Å². The highest BCUT2D eigenvalue weighted by Gasteiger charge is 2.30. The van der Waals surface area contributed by atoms with Crippen LogP contribution in [0.4, 0.5) is 0 Å². The molecule has 0 saturated heterocycles. The molecule has 0 spiro atoms. The fourth-order valence-electron chi connectivity index (χ4n) is 3.64. The second-order valence-electron chi connectivity index (χ2n) is 7.86. The number of halogens is 2. The first kappa shape index (κ1) is 17.9. The molecule has 0 aromatic carbocycles. The Morgan fingerprint density at radius 1 is 0.893 bits per heavy atom. The van der Waals surface area contributed by atoms with Crippen LogP contribution in [0.5, 0.6) is 0 Å². The second kappa shape index (κ2) is 6.42.